The second-order valence-electron chi connectivity index (χ2n) is 18.4. The number of nitriles is 1. The normalized spacial score (nSPS) is 23.1. The fourth-order valence-electron chi connectivity index (χ4n) is 12.5. The molecule has 4 aliphatic rings. The molecule has 2 saturated carbocycles. The van der Waals surface area contributed by atoms with Gasteiger partial charge in [0.25, 0.3) is 0 Å². The summed E-state index contributed by atoms with van der Waals surface area (Å²) in [6.45, 7) is 4.92. The molecule has 2 bridgehead atoms. The van der Waals surface area contributed by atoms with Crippen molar-refractivity contribution in [2.75, 3.05) is 0 Å². The first-order valence-electron chi connectivity index (χ1n) is 21.7. The Morgan fingerprint density at radius 2 is 1.03 bits per heavy atom. The summed E-state index contributed by atoms with van der Waals surface area (Å²) in [6.07, 6.45) is 6.59. The molecule has 4 heteroatoms. The monoisotopic (exact) mass is 772 g/mol. The van der Waals surface area contributed by atoms with E-state index in [-0.39, 0.29) is 5.41 Å². The second kappa shape index (κ2) is 13.2. The first-order chi connectivity index (χ1) is 29.4. The summed E-state index contributed by atoms with van der Waals surface area (Å²) in [5, 5.41) is 12.4. The average Bonchev–Trinajstić information content (AvgIpc) is 3.75. The molecule has 7 aromatic carbocycles. The van der Waals surface area contributed by atoms with Gasteiger partial charge in [0, 0.05) is 16.7 Å². The molecule has 0 N–H and O–H groups in total. The van der Waals surface area contributed by atoms with Gasteiger partial charge in [0.15, 0.2) is 17.5 Å². The van der Waals surface area contributed by atoms with Gasteiger partial charge in [-0.1, -0.05) is 141 Å². The molecule has 60 heavy (non-hydrogen) atoms. The van der Waals surface area contributed by atoms with E-state index in [1.807, 2.05) is 6.07 Å². The number of fused-ring (bicyclic) bond motifs is 13. The fourth-order valence-corrected chi connectivity index (χ4v) is 12.5. The fraction of sp³-hybridized carbons (Fsp3) is 0.214. The minimum absolute atomic E-state index is 0.258. The molecular formula is C56H44N4. The highest BCUT2D eigenvalue weighted by Crippen LogP contribution is 2.63. The Morgan fingerprint density at radius 1 is 0.483 bits per heavy atom. The summed E-state index contributed by atoms with van der Waals surface area (Å²) in [6, 6.07) is 57.1. The topological polar surface area (TPSA) is 62.5 Å². The predicted molar refractivity (Wildman–Crippen MR) is 241 cm³/mol. The summed E-state index contributed by atoms with van der Waals surface area (Å²) >= 11 is 0. The molecule has 1 heterocycles. The van der Waals surface area contributed by atoms with E-state index in [9.17, 15) is 5.26 Å². The maximum atomic E-state index is 10.1. The van der Waals surface area contributed by atoms with Gasteiger partial charge < -0.3 is 0 Å². The summed E-state index contributed by atoms with van der Waals surface area (Å²) in [5.74, 6) is 4.33. The Bertz CT molecular complexity index is 3080. The Hall–Kier alpha value is -6.70. The molecule has 4 aliphatic carbocycles. The Labute approximate surface area is 351 Å². The van der Waals surface area contributed by atoms with Gasteiger partial charge >= 0.3 is 0 Å². The van der Waals surface area contributed by atoms with Crippen molar-refractivity contribution in [3.8, 4) is 62.5 Å². The maximum absolute atomic E-state index is 10.1. The molecule has 0 aliphatic heterocycles. The van der Waals surface area contributed by atoms with Crippen LogP contribution in [-0.4, -0.2) is 15.0 Å². The largest absolute Gasteiger partial charge is 0.208 e. The van der Waals surface area contributed by atoms with Crippen molar-refractivity contribution in [3.63, 3.8) is 0 Å². The third kappa shape index (κ3) is 5.18. The highest BCUT2D eigenvalue weighted by Gasteiger charge is 2.52. The molecule has 12 rings (SSSR count). The minimum atomic E-state index is -0.544. The van der Waals surface area contributed by atoms with Crippen LogP contribution < -0.4 is 0 Å². The summed E-state index contributed by atoms with van der Waals surface area (Å²) in [7, 11) is 0. The van der Waals surface area contributed by atoms with Crippen molar-refractivity contribution in [2.24, 2.45) is 17.8 Å². The predicted octanol–water partition coefficient (Wildman–Crippen LogP) is 13.3. The summed E-state index contributed by atoms with van der Waals surface area (Å²) < 4.78 is 0. The van der Waals surface area contributed by atoms with Crippen LogP contribution in [0.1, 0.15) is 79.3 Å². The van der Waals surface area contributed by atoms with Crippen LogP contribution in [0.25, 0.3) is 67.2 Å². The van der Waals surface area contributed by atoms with E-state index in [1.165, 1.54) is 76.4 Å². The highest BCUT2D eigenvalue weighted by atomic mass is 15.0. The van der Waals surface area contributed by atoms with Gasteiger partial charge in [-0.15, -0.1) is 0 Å². The lowest BCUT2D eigenvalue weighted by atomic mass is 9.54. The van der Waals surface area contributed by atoms with Crippen molar-refractivity contribution in [2.45, 2.75) is 56.8 Å². The molecule has 2 fully saturated rings. The lowest BCUT2D eigenvalue weighted by Gasteiger charge is -2.50. The van der Waals surface area contributed by atoms with Crippen molar-refractivity contribution in [1.82, 2.24) is 15.0 Å². The van der Waals surface area contributed by atoms with Crippen LogP contribution in [0, 0.1) is 29.1 Å². The van der Waals surface area contributed by atoms with Gasteiger partial charge in [-0.25, -0.2) is 15.0 Å². The molecule has 0 saturated heterocycles. The highest BCUT2D eigenvalue weighted by molar-refractivity contribution is 5.96. The lowest BCUT2D eigenvalue weighted by molar-refractivity contribution is 0.0780. The first kappa shape index (κ1) is 35.3. The zero-order valence-corrected chi connectivity index (χ0v) is 34.0. The van der Waals surface area contributed by atoms with Crippen molar-refractivity contribution >= 4 is 10.8 Å². The first-order valence-corrected chi connectivity index (χ1v) is 21.7. The van der Waals surface area contributed by atoms with Gasteiger partial charge in [0.1, 0.15) is 0 Å². The van der Waals surface area contributed by atoms with Crippen molar-refractivity contribution in [3.05, 3.63) is 185 Å². The standard InChI is InChI=1S/C56H44N4/c1-34-25-37-26-35(2)31-55(30-34,32-37)43-21-18-39(19-22-43)52-58-53(41-17-16-38-9-3-4-10-40(38)28-41)60-54(59-52)42-20-24-50-47(29-42)45-12-6-8-14-49(45)56(50)48-13-7-5-11-44(48)46-23-15-36(33-57)27-51(46)56/h3-24,27-29,34-35,37H,25-26,30-32H2,1-2H3/t34-,35+,37-,55?,56?. The van der Waals surface area contributed by atoms with E-state index in [0.29, 0.717) is 23.0 Å². The number of rotatable bonds is 4. The quantitative estimate of drug-likeness (QED) is 0.179. The third-order valence-electron chi connectivity index (χ3n) is 14.5. The summed E-state index contributed by atoms with van der Waals surface area (Å²) in [4.78, 5) is 15.8. The van der Waals surface area contributed by atoms with Gasteiger partial charge in [-0.05, 0) is 140 Å². The SMILES string of the molecule is C[C@@H]1C[C@@H]2C[C@H](C)CC(c3ccc(-c4nc(-c5ccc6c(c5)-c5ccccc5C65c6ccccc6-c6ccc(C#N)cc65)nc(-c5ccc6ccccc6c5)n4)cc3)(C1)C2. The zero-order chi connectivity index (χ0) is 40.2. The van der Waals surface area contributed by atoms with E-state index in [2.05, 4.69) is 166 Å². The van der Waals surface area contributed by atoms with Gasteiger partial charge in [-0.2, -0.15) is 5.26 Å². The van der Waals surface area contributed by atoms with Gasteiger partial charge in [-0.3, -0.25) is 0 Å². The van der Waals surface area contributed by atoms with Crippen molar-refractivity contribution in [1.29, 1.82) is 5.26 Å². The summed E-state index contributed by atoms with van der Waals surface area (Å²) in [5.41, 5.74) is 14.4. The molecule has 288 valence electrons. The Kier molecular flexibility index (Phi) is 7.73. The van der Waals surface area contributed by atoms with Gasteiger partial charge in [0.05, 0.1) is 17.0 Å². The average molecular weight is 773 g/mol. The third-order valence-corrected chi connectivity index (χ3v) is 14.5. The molecule has 5 atom stereocenters. The molecule has 0 radical (unpaired) electrons. The van der Waals surface area contributed by atoms with Crippen LogP contribution in [0.15, 0.2) is 152 Å². The van der Waals surface area contributed by atoms with E-state index >= 15 is 0 Å². The zero-order valence-electron chi connectivity index (χ0n) is 34.0. The van der Waals surface area contributed by atoms with E-state index in [4.69, 9.17) is 15.0 Å². The number of nitrogens with zero attached hydrogens (tertiary/aromatic N) is 4. The van der Waals surface area contributed by atoms with Gasteiger partial charge in [0.2, 0.25) is 0 Å². The van der Waals surface area contributed by atoms with Crippen LogP contribution in [-0.2, 0) is 10.8 Å². The molecule has 4 nitrogen and oxygen atoms in total. The van der Waals surface area contributed by atoms with Crippen LogP contribution in [0.5, 0.6) is 0 Å². The van der Waals surface area contributed by atoms with Crippen LogP contribution in [0.3, 0.4) is 0 Å². The Balaban J connectivity index is 1.02. The molecule has 2 unspecified atom stereocenters. The molecule has 1 aromatic heterocycles. The number of hydrogen-bond donors (Lipinski definition) is 0. The van der Waals surface area contributed by atoms with Crippen LogP contribution >= 0.6 is 0 Å². The maximum Gasteiger partial charge on any atom is 0.164 e. The number of benzene rings is 7. The van der Waals surface area contributed by atoms with E-state index < -0.39 is 5.41 Å². The van der Waals surface area contributed by atoms with E-state index in [0.717, 1.165) is 51.0 Å². The second-order valence-corrected chi connectivity index (χ2v) is 18.4. The number of aromatic nitrogens is 3. The molecule has 1 spiro atoms. The molecule has 0 amide bonds. The molecule has 8 aromatic rings. The van der Waals surface area contributed by atoms with Crippen molar-refractivity contribution < 1.29 is 0 Å². The number of hydrogen-bond acceptors (Lipinski definition) is 4. The minimum Gasteiger partial charge on any atom is -0.208 e. The molecular weight excluding hydrogens is 729 g/mol. The van der Waals surface area contributed by atoms with Crippen LogP contribution in [0.2, 0.25) is 0 Å². The van der Waals surface area contributed by atoms with E-state index in [1.54, 1.807) is 0 Å². The Morgan fingerprint density at radius 3 is 1.73 bits per heavy atom. The lowest BCUT2D eigenvalue weighted by Crippen LogP contribution is -2.42. The van der Waals surface area contributed by atoms with Crippen LogP contribution in [0.4, 0.5) is 0 Å². The smallest absolute Gasteiger partial charge is 0.164 e.